The zero-order valence-corrected chi connectivity index (χ0v) is 5.31. The van der Waals surface area contributed by atoms with Crippen LogP contribution in [-0.2, 0) is 4.74 Å². The Morgan fingerprint density at radius 3 is 3.00 bits per heavy atom. The van der Waals surface area contributed by atoms with Gasteiger partial charge in [0.2, 0.25) is 0 Å². The number of ether oxygens (including phenoxy) is 1. The highest BCUT2D eigenvalue weighted by Crippen LogP contribution is 2.13. The monoisotopic (exact) mass is 112 g/mol. The van der Waals surface area contributed by atoms with Crippen LogP contribution in [0.1, 0.15) is 26.2 Å². The lowest BCUT2D eigenvalue weighted by Crippen LogP contribution is -1.97. The molecule has 0 spiro atoms. The van der Waals surface area contributed by atoms with Gasteiger partial charge in [-0.25, -0.2) is 0 Å². The molecule has 0 saturated heterocycles. The van der Waals surface area contributed by atoms with Crippen LogP contribution >= 0.6 is 0 Å². The van der Waals surface area contributed by atoms with Gasteiger partial charge in [0.25, 0.3) is 0 Å². The van der Waals surface area contributed by atoms with Gasteiger partial charge in [0, 0.05) is 0 Å². The van der Waals surface area contributed by atoms with Gasteiger partial charge in [-0.1, -0.05) is 6.92 Å². The first kappa shape index (κ1) is 5.67. The van der Waals surface area contributed by atoms with Crippen LogP contribution in [0, 0.1) is 0 Å². The molecule has 1 heteroatoms. The summed E-state index contributed by atoms with van der Waals surface area (Å²) in [6.45, 7) is 3.09. The van der Waals surface area contributed by atoms with E-state index in [0.29, 0.717) is 0 Å². The fourth-order valence-corrected chi connectivity index (χ4v) is 0.878. The standard InChI is InChI=1S/C7H12O/c1-2-7-4-3-5-8-6-7/h6H,2-5H2,1H3. The molecule has 0 amide bonds. The summed E-state index contributed by atoms with van der Waals surface area (Å²) in [5, 5.41) is 0. The Bertz CT molecular complexity index is 94.6. The van der Waals surface area contributed by atoms with Gasteiger partial charge in [0.05, 0.1) is 12.9 Å². The zero-order chi connectivity index (χ0) is 5.82. The lowest BCUT2D eigenvalue weighted by Gasteiger charge is -2.10. The first-order chi connectivity index (χ1) is 3.93. The number of hydrogen-bond donors (Lipinski definition) is 0. The molecule has 1 aliphatic rings. The van der Waals surface area contributed by atoms with Crippen molar-refractivity contribution in [2.45, 2.75) is 26.2 Å². The van der Waals surface area contributed by atoms with Gasteiger partial charge in [0.1, 0.15) is 0 Å². The second kappa shape index (κ2) is 2.75. The van der Waals surface area contributed by atoms with Crippen LogP contribution in [0.3, 0.4) is 0 Å². The summed E-state index contributed by atoms with van der Waals surface area (Å²) >= 11 is 0. The second-order valence-electron chi connectivity index (χ2n) is 2.10. The predicted molar refractivity (Wildman–Crippen MR) is 33.6 cm³/mol. The van der Waals surface area contributed by atoms with Crippen molar-refractivity contribution in [3.63, 3.8) is 0 Å². The molecule has 0 N–H and O–H groups in total. The molecule has 0 saturated carbocycles. The largest absolute Gasteiger partial charge is 0.501 e. The van der Waals surface area contributed by atoms with Gasteiger partial charge in [-0.3, -0.25) is 0 Å². The van der Waals surface area contributed by atoms with Crippen molar-refractivity contribution in [2.24, 2.45) is 0 Å². The number of hydrogen-bond acceptors (Lipinski definition) is 1. The highest BCUT2D eigenvalue weighted by molar-refractivity contribution is 4.98. The summed E-state index contributed by atoms with van der Waals surface area (Å²) in [5.41, 5.74) is 1.45. The van der Waals surface area contributed by atoms with E-state index in [1.807, 2.05) is 6.26 Å². The van der Waals surface area contributed by atoms with Crippen LogP contribution in [0.15, 0.2) is 11.8 Å². The van der Waals surface area contributed by atoms with Crippen molar-refractivity contribution < 1.29 is 4.74 Å². The lowest BCUT2D eigenvalue weighted by molar-refractivity contribution is 0.223. The molecule has 8 heavy (non-hydrogen) atoms. The smallest absolute Gasteiger partial charge is 0.0876 e. The van der Waals surface area contributed by atoms with Crippen LogP contribution in [0.25, 0.3) is 0 Å². The molecule has 1 heterocycles. The molecule has 0 aromatic rings. The third-order valence-corrected chi connectivity index (χ3v) is 1.46. The van der Waals surface area contributed by atoms with E-state index in [1.54, 1.807) is 0 Å². The highest BCUT2D eigenvalue weighted by atomic mass is 16.5. The van der Waals surface area contributed by atoms with Crippen LogP contribution in [0.4, 0.5) is 0 Å². The average Bonchev–Trinajstić information content (AvgIpc) is 1.90. The van der Waals surface area contributed by atoms with E-state index < -0.39 is 0 Å². The van der Waals surface area contributed by atoms with Crippen molar-refractivity contribution >= 4 is 0 Å². The molecule has 0 bridgehead atoms. The van der Waals surface area contributed by atoms with Gasteiger partial charge in [-0.05, 0) is 24.8 Å². The molecule has 0 radical (unpaired) electrons. The summed E-state index contributed by atoms with van der Waals surface area (Å²) < 4.78 is 5.11. The van der Waals surface area contributed by atoms with E-state index in [0.717, 1.165) is 13.0 Å². The maximum atomic E-state index is 5.11. The Hall–Kier alpha value is -0.460. The lowest BCUT2D eigenvalue weighted by atomic mass is 10.1. The average molecular weight is 112 g/mol. The van der Waals surface area contributed by atoms with Crippen molar-refractivity contribution in [2.75, 3.05) is 6.61 Å². The van der Waals surface area contributed by atoms with Crippen molar-refractivity contribution in [1.82, 2.24) is 0 Å². The molecule has 0 atom stereocenters. The Kier molecular flexibility index (Phi) is 1.95. The van der Waals surface area contributed by atoms with E-state index in [2.05, 4.69) is 6.92 Å². The summed E-state index contributed by atoms with van der Waals surface area (Å²) in [6, 6.07) is 0. The molecule has 0 aromatic heterocycles. The van der Waals surface area contributed by atoms with Gasteiger partial charge in [-0.15, -0.1) is 0 Å². The molecule has 0 aromatic carbocycles. The summed E-state index contributed by atoms with van der Waals surface area (Å²) in [6.07, 6.45) is 5.51. The molecular formula is C7H12O. The molecule has 0 aliphatic carbocycles. The van der Waals surface area contributed by atoms with E-state index >= 15 is 0 Å². The van der Waals surface area contributed by atoms with Crippen LogP contribution in [0.5, 0.6) is 0 Å². The molecule has 1 aliphatic heterocycles. The molecular weight excluding hydrogens is 100 g/mol. The zero-order valence-electron chi connectivity index (χ0n) is 5.31. The fraction of sp³-hybridized carbons (Fsp3) is 0.714. The minimum absolute atomic E-state index is 0.920. The molecule has 1 nitrogen and oxygen atoms in total. The van der Waals surface area contributed by atoms with Crippen molar-refractivity contribution in [3.8, 4) is 0 Å². The van der Waals surface area contributed by atoms with Crippen molar-refractivity contribution in [1.29, 1.82) is 0 Å². The van der Waals surface area contributed by atoms with Gasteiger partial charge in [0.15, 0.2) is 0 Å². The maximum Gasteiger partial charge on any atom is 0.0876 e. The Morgan fingerprint density at radius 2 is 2.62 bits per heavy atom. The van der Waals surface area contributed by atoms with E-state index in [9.17, 15) is 0 Å². The number of allylic oxidation sites excluding steroid dienone is 1. The van der Waals surface area contributed by atoms with E-state index in [-0.39, 0.29) is 0 Å². The SMILES string of the molecule is CCC1=COCCC1. The first-order valence-corrected chi connectivity index (χ1v) is 3.23. The quantitative estimate of drug-likeness (QED) is 0.504. The van der Waals surface area contributed by atoms with Gasteiger partial charge >= 0.3 is 0 Å². The third-order valence-electron chi connectivity index (χ3n) is 1.46. The topological polar surface area (TPSA) is 9.23 Å². The maximum absolute atomic E-state index is 5.11. The Morgan fingerprint density at radius 1 is 1.75 bits per heavy atom. The third kappa shape index (κ3) is 1.25. The minimum atomic E-state index is 0.920. The van der Waals surface area contributed by atoms with E-state index in [4.69, 9.17) is 4.74 Å². The Labute approximate surface area is 50.3 Å². The first-order valence-electron chi connectivity index (χ1n) is 3.23. The molecule has 1 rings (SSSR count). The fourth-order valence-electron chi connectivity index (χ4n) is 0.878. The second-order valence-corrected chi connectivity index (χ2v) is 2.10. The molecule has 0 fully saturated rings. The molecule has 46 valence electrons. The predicted octanol–water partition coefficient (Wildman–Crippen LogP) is 2.09. The van der Waals surface area contributed by atoms with Gasteiger partial charge in [-0.2, -0.15) is 0 Å². The Balaban J connectivity index is 2.37. The van der Waals surface area contributed by atoms with Gasteiger partial charge < -0.3 is 4.74 Å². The van der Waals surface area contributed by atoms with Crippen LogP contribution in [-0.4, -0.2) is 6.61 Å². The summed E-state index contributed by atoms with van der Waals surface area (Å²) in [7, 11) is 0. The van der Waals surface area contributed by atoms with Crippen molar-refractivity contribution in [3.05, 3.63) is 11.8 Å². The highest BCUT2D eigenvalue weighted by Gasteiger charge is 1.99. The molecule has 0 unspecified atom stereocenters. The van der Waals surface area contributed by atoms with E-state index in [1.165, 1.54) is 18.4 Å². The number of rotatable bonds is 1. The van der Waals surface area contributed by atoms with Crippen LogP contribution < -0.4 is 0 Å². The van der Waals surface area contributed by atoms with Crippen LogP contribution in [0.2, 0.25) is 0 Å². The summed E-state index contributed by atoms with van der Waals surface area (Å²) in [5.74, 6) is 0. The minimum Gasteiger partial charge on any atom is -0.501 e. The summed E-state index contributed by atoms with van der Waals surface area (Å²) in [4.78, 5) is 0. The normalized spacial score (nSPS) is 19.4.